The highest BCUT2D eigenvalue weighted by molar-refractivity contribution is 6.37. The number of carbonyl (C=O) groups is 1. The number of benzene rings is 2. The summed E-state index contributed by atoms with van der Waals surface area (Å²) in [5.41, 5.74) is 0.876. The summed E-state index contributed by atoms with van der Waals surface area (Å²) in [6.07, 6.45) is 3.27. The topological polar surface area (TPSA) is 74.0 Å². The molecule has 4 rings (SSSR count). The van der Waals surface area contributed by atoms with Crippen LogP contribution in [-0.4, -0.2) is 25.5 Å². The van der Waals surface area contributed by atoms with Gasteiger partial charge in [-0.25, -0.2) is 9.07 Å². The zero-order chi connectivity index (χ0) is 22.7. The summed E-state index contributed by atoms with van der Waals surface area (Å²) in [7, 11) is 0. The molecule has 4 aromatic rings. The number of nitrogens with zero attached hydrogens (tertiary/aromatic N) is 4. The van der Waals surface area contributed by atoms with Crippen LogP contribution in [0.15, 0.2) is 60.9 Å². The first-order valence-electron chi connectivity index (χ1n) is 9.28. The van der Waals surface area contributed by atoms with Crippen LogP contribution < -0.4 is 10.1 Å². The number of nitrogens with one attached hydrogen (secondary N) is 1. The van der Waals surface area contributed by atoms with E-state index in [-0.39, 0.29) is 12.4 Å². The number of anilines is 1. The van der Waals surface area contributed by atoms with Crippen molar-refractivity contribution in [3.05, 3.63) is 93.1 Å². The number of amides is 1. The number of hydrogen-bond acceptors (Lipinski definition) is 4. The molecular formula is C21H15Cl3FN5O2. The van der Waals surface area contributed by atoms with E-state index in [4.69, 9.17) is 39.5 Å². The molecule has 0 saturated heterocycles. The van der Waals surface area contributed by atoms with Gasteiger partial charge in [-0.1, -0.05) is 46.9 Å². The average Bonchev–Trinajstić information content (AvgIpc) is 3.39. The lowest BCUT2D eigenvalue weighted by molar-refractivity contribution is 0.101. The lowest BCUT2D eigenvalue weighted by atomic mass is 10.2. The molecule has 164 valence electrons. The summed E-state index contributed by atoms with van der Waals surface area (Å²) in [6.45, 7) is 0.343. The van der Waals surface area contributed by atoms with Gasteiger partial charge < -0.3 is 10.1 Å². The van der Waals surface area contributed by atoms with Gasteiger partial charge in [-0.05, 0) is 35.9 Å². The Morgan fingerprint density at radius 3 is 2.47 bits per heavy atom. The van der Waals surface area contributed by atoms with Crippen LogP contribution >= 0.6 is 34.8 Å². The average molecular weight is 495 g/mol. The van der Waals surface area contributed by atoms with Gasteiger partial charge in [0.05, 0.1) is 16.6 Å². The van der Waals surface area contributed by atoms with E-state index in [1.807, 2.05) is 0 Å². The van der Waals surface area contributed by atoms with Crippen molar-refractivity contribution >= 4 is 46.5 Å². The molecule has 0 spiro atoms. The van der Waals surface area contributed by atoms with E-state index < -0.39 is 11.7 Å². The normalized spacial score (nSPS) is 10.9. The summed E-state index contributed by atoms with van der Waals surface area (Å²) < 4.78 is 21.8. The molecule has 11 heteroatoms. The third-order valence-electron chi connectivity index (χ3n) is 4.36. The highest BCUT2D eigenvalue weighted by Gasteiger charge is 2.13. The van der Waals surface area contributed by atoms with E-state index in [2.05, 4.69) is 15.5 Å². The second-order valence-corrected chi connectivity index (χ2v) is 7.87. The molecule has 0 atom stereocenters. The Bertz CT molecular complexity index is 1250. The second-order valence-electron chi connectivity index (χ2n) is 6.65. The van der Waals surface area contributed by atoms with E-state index in [0.29, 0.717) is 38.7 Å². The first-order chi connectivity index (χ1) is 15.4. The molecule has 0 fully saturated rings. The van der Waals surface area contributed by atoms with Gasteiger partial charge in [0.15, 0.2) is 24.0 Å². The molecule has 2 heterocycles. The number of para-hydroxylation sites is 1. The van der Waals surface area contributed by atoms with Gasteiger partial charge in [-0.15, -0.1) is 0 Å². The lowest BCUT2D eigenvalue weighted by Gasteiger charge is -2.09. The van der Waals surface area contributed by atoms with E-state index >= 15 is 0 Å². The number of carbonyl (C=O) groups excluding carboxylic acids is 1. The number of rotatable bonds is 7. The second kappa shape index (κ2) is 9.60. The summed E-state index contributed by atoms with van der Waals surface area (Å²) >= 11 is 18.2. The molecule has 2 aromatic carbocycles. The summed E-state index contributed by atoms with van der Waals surface area (Å²) in [5.74, 6) is -0.178. The molecular weight excluding hydrogens is 480 g/mol. The van der Waals surface area contributed by atoms with Crippen LogP contribution in [0.2, 0.25) is 15.1 Å². The van der Waals surface area contributed by atoms with Crippen LogP contribution in [0.5, 0.6) is 5.75 Å². The molecule has 1 N–H and O–H groups in total. The third-order valence-corrected chi connectivity index (χ3v) is 5.31. The Morgan fingerprint density at radius 2 is 1.72 bits per heavy atom. The van der Waals surface area contributed by atoms with Crippen LogP contribution in [0.25, 0.3) is 0 Å². The van der Waals surface area contributed by atoms with Crippen molar-refractivity contribution in [2.24, 2.45) is 0 Å². The van der Waals surface area contributed by atoms with Gasteiger partial charge in [-0.3, -0.25) is 9.48 Å². The summed E-state index contributed by atoms with van der Waals surface area (Å²) in [5, 5.41) is 12.2. The van der Waals surface area contributed by atoms with Crippen LogP contribution in [-0.2, 0) is 13.3 Å². The molecule has 1 amide bonds. The van der Waals surface area contributed by atoms with Crippen LogP contribution in [0.3, 0.4) is 0 Å². The molecule has 0 saturated carbocycles. The molecule has 2 aromatic heterocycles. The maximum Gasteiger partial charge on any atom is 0.277 e. The smallest absolute Gasteiger partial charge is 0.277 e. The van der Waals surface area contributed by atoms with E-state index in [1.54, 1.807) is 53.5 Å². The highest BCUT2D eigenvalue weighted by Crippen LogP contribution is 2.32. The molecule has 7 nitrogen and oxygen atoms in total. The van der Waals surface area contributed by atoms with E-state index in [9.17, 15) is 9.18 Å². The minimum Gasteiger partial charge on any atom is -0.468 e. The molecule has 0 aliphatic rings. The largest absolute Gasteiger partial charge is 0.468 e. The van der Waals surface area contributed by atoms with Crippen molar-refractivity contribution in [3.63, 3.8) is 0 Å². The number of ether oxygens (including phenoxy) is 1. The quantitative estimate of drug-likeness (QED) is 0.367. The fourth-order valence-corrected chi connectivity index (χ4v) is 3.56. The van der Waals surface area contributed by atoms with E-state index in [1.165, 1.54) is 16.8 Å². The fraction of sp³-hybridized carbons (Fsp3) is 0.0952. The molecule has 0 bridgehead atoms. The number of halogens is 4. The van der Waals surface area contributed by atoms with Gasteiger partial charge in [0.2, 0.25) is 0 Å². The Labute approximate surface area is 197 Å². The van der Waals surface area contributed by atoms with Crippen molar-refractivity contribution in [1.29, 1.82) is 0 Å². The highest BCUT2D eigenvalue weighted by atomic mass is 35.5. The van der Waals surface area contributed by atoms with Crippen LogP contribution in [0, 0.1) is 5.82 Å². The first-order valence-corrected chi connectivity index (χ1v) is 10.4. The summed E-state index contributed by atoms with van der Waals surface area (Å²) in [4.78, 5) is 12.5. The first kappa shape index (κ1) is 22.1. The van der Waals surface area contributed by atoms with Crippen molar-refractivity contribution in [2.45, 2.75) is 13.3 Å². The molecule has 0 radical (unpaired) electrons. The predicted octanol–water partition coefficient (Wildman–Crippen LogP) is 5.52. The zero-order valence-corrected chi connectivity index (χ0v) is 18.6. The molecule has 0 unspecified atom stereocenters. The Balaban J connectivity index is 1.36. The molecule has 0 aliphatic carbocycles. The monoisotopic (exact) mass is 493 g/mol. The van der Waals surface area contributed by atoms with Gasteiger partial charge >= 0.3 is 0 Å². The Kier molecular flexibility index (Phi) is 6.64. The maximum atomic E-state index is 13.2. The summed E-state index contributed by atoms with van der Waals surface area (Å²) in [6, 6.07) is 12.4. The lowest BCUT2D eigenvalue weighted by Crippen LogP contribution is -2.15. The Morgan fingerprint density at radius 1 is 0.969 bits per heavy atom. The van der Waals surface area contributed by atoms with Gasteiger partial charge in [0.25, 0.3) is 5.91 Å². The number of hydrogen-bond donors (Lipinski definition) is 1. The minimum atomic E-state index is -0.440. The standard InChI is InChI=1S/C21H15Cl3FN5O2/c22-15-2-1-3-16(23)20(15)32-12-30-8-6-18(27-30)21(31)26-19-7-9-29(28-19)11-13-4-5-14(25)10-17(13)24/h1-10H,11-12H2,(H,26,28,31). The van der Waals surface area contributed by atoms with Crippen LogP contribution in [0.4, 0.5) is 10.2 Å². The third kappa shape index (κ3) is 5.21. The van der Waals surface area contributed by atoms with Crippen molar-refractivity contribution in [1.82, 2.24) is 19.6 Å². The SMILES string of the molecule is O=C(Nc1ccn(Cc2ccc(F)cc2Cl)n1)c1ccn(COc2c(Cl)cccc2Cl)n1. The maximum absolute atomic E-state index is 13.2. The van der Waals surface area contributed by atoms with E-state index in [0.717, 1.165) is 0 Å². The van der Waals surface area contributed by atoms with Crippen molar-refractivity contribution in [3.8, 4) is 5.75 Å². The zero-order valence-electron chi connectivity index (χ0n) is 16.3. The Hall–Kier alpha value is -3.07. The van der Waals surface area contributed by atoms with Crippen molar-refractivity contribution in [2.75, 3.05) is 5.32 Å². The minimum absolute atomic E-state index is 0.0176. The predicted molar refractivity (Wildman–Crippen MR) is 120 cm³/mol. The van der Waals surface area contributed by atoms with Gasteiger partial charge in [0, 0.05) is 23.5 Å². The molecule has 0 aliphatic heterocycles. The molecule has 32 heavy (non-hydrogen) atoms. The number of aromatic nitrogens is 4. The fourth-order valence-electron chi connectivity index (χ4n) is 2.83. The van der Waals surface area contributed by atoms with Gasteiger partial charge in [0.1, 0.15) is 5.82 Å². The van der Waals surface area contributed by atoms with Gasteiger partial charge in [-0.2, -0.15) is 10.2 Å². The van der Waals surface area contributed by atoms with Crippen LogP contribution in [0.1, 0.15) is 16.1 Å². The van der Waals surface area contributed by atoms with Crippen molar-refractivity contribution < 1.29 is 13.9 Å².